The maximum absolute atomic E-state index is 12.7. The Morgan fingerprint density at radius 1 is 1.33 bits per heavy atom. The molecule has 0 saturated carbocycles. The number of likely N-dealkylation sites (tertiary alicyclic amines) is 1. The van der Waals surface area contributed by atoms with Gasteiger partial charge < -0.3 is 15.2 Å². The zero-order valence-corrected chi connectivity index (χ0v) is 14.8. The number of halogens is 1. The summed E-state index contributed by atoms with van der Waals surface area (Å²) in [6.07, 6.45) is 1.86. The van der Waals surface area contributed by atoms with E-state index in [2.05, 4.69) is 10.1 Å². The van der Waals surface area contributed by atoms with E-state index < -0.39 is 6.04 Å². The van der Waals surface area contributed by atoms with E-state index in [9.17, 15) is 4.79 Å². The molecule has 1 aromatic carbocycles. The van der Waals surface area contributed by atoms with Gasteiger partial charge in [0.1, 0.15) is 6.04 Å². The molecule has 0 aliphatic carbocycles. The molecule has 2 heterocycles. The Hall–Kier alpha value is -1.92. The van der Waals surface area contributed by atoms with Crippen molar-refractivity contribution in [2.24, 2.45) is 5.73 Å². The molecule has 2 atom stereocenters. The minimum atomic E-state index is -0.626. The molecule has 0 radical (unpaired) electrons. The summed E-state index contributed by atoms with van der Waals surface area (Å²) < 4.78 is 5.26. The number of rotatable bonds is 3. The fourth-order valence-corrected chi connectivity index (χ4v) is 2.97. The van der Waals surface area contributed by atoms with Crippen LogP contribution in [0.5, 0.6) is 0 Å². The third-order valence-electron chi connectivity index (χ3n) is 4.33. The highest BCUT2D eigenvalue weighted by molar-refractivity contribution is 5.85. The van der Waals surface area contributed by atoms with Crippen LogP contribution in [0.3, 0.4) is 0 Å². The topological polar surface area (TPSA) is 85.3 Å². The number of amides is 1. The van der Waals surface area contributed by atoms with Crippen molar-refractivity contribution in [3.63, 3.8) is 0 Å². The number of carbonyl (C=O) groups excluding carboxylic acids is 1. The van der Waals surface area contributed by atoms with Gasteiger partial charge in [0.05, 0.1) is 5.92 Å². The number of aryl methyl sites for hydroxylation is 2. The molecule has 0 bridgehead atoms. The zero-order valence-electron chi connectivity index (χ0n) is 13.9. The van der Waals surface area contributed by atoms with Crippen LogP contribution in [0.2, 0.25) is 0 Å². The number of nitrogens with two attached hydrogens (primary N) is 1. The molecule has 6 nitrogen and oxygen atoms in total. The fraction of sp³-hybridized carbons (Fsp3) is 0.471. The predicted octanol–water partition coefficient (Wildman–Crippen LogP) is 2.51. The van der Waals surface area contributed by atoms with Gasteiger partial charge in [-0.1, -0.05) is 35.0 Å². The van der Waals surface area contributed by atoms with Gasteiger partial charge in [0.25, 0.3) is 0 Å². The van der Waals surface area contributed by atoms with E-state index in [-0.39, 0.29) is 24.2 Å². The van der Waals surface area contributed by atoms with Crippen LogP contribution in [0.25, 0.3) is 0 Å². The molecule has 2 aromatic rings. The number of piperidine rings is 1. The third-order valence-corrected chi connectivity index (χ3v) is 4.33. The maximum atomic E-state index is 12.7. The Morgan fingerprint density at radius 3 is 2.67 bits per heavy atom. The van der Waals surface area contributed by atoms with E-state index in [4.69, 9.17) is 10.3 Å². The van der Waals surface area contributed by atoms with Crippen LogP contribution in [0.4, 0.5) is 0 Å². The Bertz CT molecular complexity index is 686. The summed E-state index contributed by atoms with van der Waals surface area (Å²) in [5.41, 5.74) is 8.16. The Labute approximate surface area is 147 Å². The molecule has 1 saturated heterocycles. The van der Waals surface area contributed by atoms with E-state index in [1.54, 1.807) is 6.92 Å². The van der Waals surface area contributed by atoms with Crippen molar-refractivity contribution in [2.75, 3.05) is 13.1 Å². The van der Waals surface area contributed by atoms with E-state index >= 15 is 0 Å². The maximum Gasteiger partial charge on any atom is 0.244 e. The van der Waals surface area contributed by atoms with Gasteiger partial charge in [0.15, 0.2) is 5.82 Å². The molecule has 1 aliphatic heterocycles. The Kier molecular flexibility index (Phi) is 5.96. The smallest absolute Gasteiger partial charge is 0.244 e. The number of benzene rings is 1. The zero-order chi connectivity index (χ0) is 16.4. The highest BCUT2D eigenvalue weighted by atomic mass is 35.5. The minimum Gasteiger partial charge on any atom is -0.340 e. The van der Waals surface area contributed by atoms with Gasteiger partial charge in [-0.3, -0.25) is 4.79 Å². The number of carbonyl (C=O) groups is 1. The average molecular weight is 351 g/mol. The molecule has 1 aliphatic rings. The van der Waals surface area contributed by atoms with Gasteiger partial charge in [0, 0.05) is 13.1 Å². The SMILES string of the molecule is Cc1ccc(C(N)C(=O)N2CCCC(c3nc(C)no3)C2)cc1.Cl. The quantitative estimate of drug-likeness (QED) is 0.919. The molecular formula is C17H23ClN4O2. The molecule has 7 heteroatoms. The second kappa shape index (κ2) is 7.77. The standard InChI is InChI=1S/C17H22N4O2.ClH/c1-11-5-7-13(8-6-11)15(18)17(22)21-9-3-4-14(10-21)16-19-12(2)20-23-16;/h5-8,14-15H,3-4,9-10,18H2,1-2H3;1H. The lowest BCUT2D eigenvalue weighted by atomic mass is 9.96. The molecule has 2 N–H and O–H groups in total. The Morgan fingerprint density at radius 2 is 2.04 bits per heavy atom. The summed E-state index contributed by atoms with van der Waals surface area (Å²) in [5.74, 6) is 1.29. The van der Waals surface area contributed by atoms with E-state index in [1.807, 2.05) is 36.1 Å². The summed E-state index contributed by atoms with van der Waals surface area (Å²) in [6.45, 7) is 5.12. The monoisotopic (exact) mass is 350 g/mol. The minimum absolute atomic E-state index is 0. The van der Waals surface area contributed by atoms with E-state index in [0.29, 0.717) is 18.3 Å². The van der Waals surface area contributed by atoms with Gasteiger partial charge in [-0.2, -0.15) is 4.98 Å². The first-order chi connectivity index (χ1) is 11.0. The van der Waals surface area contributed by atoms with Crippen molar-refractivity contribution in [1.29, 1.82) is 0 Å². The van der Waals surface area contributed by atoms with Crippen molar-refractivity contribution in [3.8, 4) is 0 Å². The second-order valence-corrected chi connectivity index (χ2v) is 6.19. The van der Waals surface area contributed by atoms with E-state index in [1.165, 1.54) is 0 Å². The summed E-state index contributed by atoms with van der Waals surface area (Å²) in [4.78, 5) is 18.8. The van der Waals surface area contributed by atoms with Gasteiger partial charge in [0.2, 0.25) is 11.8 Å². The van der Waals surface area contributed by atoms with Gasteiger partial charge in [-0.05, 0) is 32.3 Å². The lowest BCUT2D eigenvalue weighted by molar-refractivity contribution is -0.134. The van der Waals surface area contributed by atoms with Gasteiger partial charge in [-0.25, -0.2) is 0 Å². The summed E-state index contributed by atoms with van der Waals surface area (Å²) in [6, 6.07) is 7.16. The molecule has 24 heavy (non-hydrogen) atoms. The highest BCUT2D eigenvalue weighted by Gasteiger charge is 2.30. The van der Waals surface area contributed by atoms with Crippen LogP contribution in [0.1, 0.15) is 47.6 Å². The van der Waals surface area contributed by atoms with Crippen LogP contribution in [0, 0.1) is 13.8 Å². The number of nitrogens with zero attached hydrogens (tertiary/aromatic N) is 3. The molecule has 1 aromatic heterocycles. The normalized spacial score (nSPS) is 18.8. The summed E-state index contributed by atoms with van der Waals surface area (Å²) >= 11 is 0. The molecule has 1 fully saturated rings. The van der Waals surface area contributed by atoms with Crippen LogP contribution < -0.4 is 5.73 Å². The number of hydrogen-bond acceptors (Lipinski definition) is 5. The van der Waals surface area contributed by atoms with Crippen molar-refractivity contribution < 1.29 is 9.32 Å². The van der Waals surface area contributed by atoms with Crippen LogP contribution in [-0.4, -0.2) is 34.0 Å². The highest BCUT2D eigenvalue weighted by Crippen LogP contribution is 2.27. The second-order valence-electron chi connectivity index (χ2n) is 6.19. The first-order valence-corrected chi connectivity index (χ1v) is 7.95. The van der Waals surface area contributed by atoms with Crippen molar-refractivity contribution in [2.45, 2.75) is 38.6 Å². The van der Waals surface area contributed by atoms with Crippen molar-refractivity contribution in [3.05, 3.63) is 47.1 Å². The van der Waals surface area contributed by atoms with Gasteiger partial charge >= 0.3 is 0 Å². The van der Waals surface area contributed by atoms with Crippen molar-refractivity contribution >= 4 is 18.3 Å². The molecule has 1 amide bonds. The van der Waals surface area contributed by atoms with Crippen LogP contribution >= 0.6 is 12.4 Å². The predicted molar refractivity (Wildman–Crippen MR) is 92.9 cm³/mol. The number of aromatic nitrogens is 2. The summed E-state index contributed by atoms with van der Waals surface area (Å²) in [5, 5.41) is 3.84. The van der Waals surface area contributed by atoms with Crippen LogP contribution in [-0.2, 0) is 4.79 Å². The lowest BCUT2D eigenvalue weighted by Crippen LogP contribution is -2.43. The number of hydrogen-bond donors (Lipinski definition) is 1. The lowest BCUT2D eigenvalue weighted by Gasteiger charge is -2.32. The molecular weight excluding hydrogens is 328 g/mol. The third kappa shape index (κ3) is 3.94. The van der Waals surface area contributed by atoms with Gasteiger partial charge in [-0.15, -0.1) is 12.4 Å². The molecule has 2 unspecified atom stereocenters. The first-order valence-electron chi connectivity index (χ1n) is 7.95. The average Bonchev–Trinajstić information content (AvgIpc) is 3.01. The van der Waals surface area contributed by atoms with E-state index in [0.717, 1.165) is 30.5 Å². The summed E-state index contributed by atoms with van der Waals surface area (Å²) in [7, 11) is 0. The van der Waals surface area contributed by atoms with Crippen LogP contribution in [0.15, 0.2) is 28.8 Å². The molecule has 130 valence electrons. The Balaban J connectivity index is 0.00000208. The largest absolute Gasteiger partial charge is 0.340 e. The van der Waals surface area contributed by atoms with Crippen molar-refractivity contribution in [1.82, 2.24) is 15.0 Å². The molecule has 0 spiro atoms. The first kappa shape index (κ1) is 18.4. The molecule has 3 rings (SSSR count). The fourth-order valence-electron chi connectivity index (χ4n) is 2.97.